The van der Waals surface area contributed by atoms with Crippen LogP contribution >= 0.6 is 0 Å². The molecule has 4 fully saturated rings. The van der Waals surface area contributed by atoms with Crippen molar-refractivity contribution in [3.8, 4) is 5.82 Å². The van der Waals surface area contributed by atoms with Crippen LogP contribution in [0.4, 0.5) is 0 Å². The lowest BCUT2D eigenvalue weighted by Crippen LogP contribution is -2.56. The maximum absolute atomic E-state index is 13.9. The molecule has 0 amide bonds. The molecule has 200 valence electrons. The van der Waals surface area contributed by atoms with Gasteiger partial charge in [0.15, 0.2) is 0 Å². The van der Waals surface area contributed by atoms with Crippen LogP contribution in [0.15, 0.2) is 44.8 Å². The Labute approximate surface area is 219 Å². The summed E-state index contributed by atoms with van der Waals surface area (Å²) in [4.78, 5) is 47.2. The third kappa shape index (κ3) is 4.33. The van der Waals surface area contributed by atoms with E-state index in [0.717, 1.165) is 54.2 Å². The monoisotopic (exact) mass is 518 g/mol. The number of aromatic amines is 1. The Morgan fingerprint density at radius 3 is 2.29 bits per heavy atom. The molecule has 3 aromatic rings. The number of morpholine rings is 1. The first-order chi connectivity index (χ1) is 18.5. The quantitative estimate of drug-likeness (QED) is 0.566. The summed E-state index contributed by atoms with van der Waals surface area (Å²) < 4.78 is 9.10. The van der Waals surface area contributed by atoms with E-state index in [1.54, 1.807) is 4.57 Å². The SMILES string of the molecule is O=c1cnn(-c2nc3ccccc3n(C3CC4CN(C5CC6CCCCC(C6)C5)CC(C3)O4)c2=O)c(=O)[nH]1. The number of rotatable bonds is 3. The molecule has 2 saturated carbocycles. The molecule has 4 aliphatic rings. The second kappa shape index (κ2) is 9.57. The fraction of sp³-hybridized carbons (Fsp3) is 0.607. The van der Waals surface area contributed by atoms with Gasteiger partial charge in [-0.25, -0.2) is 9.78 Å². The summed E-state index contributed by atoms with van der Waals surface area (Å²) in [6, 6.07) is 8.06. The minimum absolute atomic E-state index is 0.0626. The summed E-state index contributed by atoms with van der Waals surface area (Å²) in [6.45, 7) is 1.81. The van der Waals surface area contributed by atoms with Gasteiger partial charge >= 0.3 is 5.69 Å². The van der Waals surface area contributed by atoms with E-state index >= 15 is 0 Å². The largest absolute Gasteiger partial charge is 0.372 e. The van der Waals surface area contributed by atoms with Crippen molar-refractivity contribution in [1.82, 2.24) is 29.2 Å². The first-order valence-electron chi connectivity index (χ1n) is 14.1. The molecule has 4 bridgehead atoms. The average Bonchev–Trinajstić information content (AvgIpc) is 3.07. The van der Waals surface area contributed by atoms with Crippen LogP contribution in [0.1, 0.15) is 63.8 Å². The van der Waals surface area contributed by atoms with Gasteiger partial charge in [-0.15, -0.1) is 0 Å². The van der Waals surface area contributed by atoms with Crippen LogP contribution in [-0.2, 0) is 4.74 Å². The predicted octanol–water partition coefficient (Wildman–Crippen LogP) is 2.39. The lowest BCUT2D eigenvalue weighted by molar-refractivity contribution is -0.140. The van der Waals surface area contributed by atoms with E-state index in [0.29, 0.717) is 11.6 Å². The van der Waals surface area contributed by atoms with Crippen LogP contribution in [-0.4, -0.2) is 60.6 Å². The highest BCUT2D eigenvalue weighted by atomic mass is 16.5. The Balaban J connectivity index is 1.20. The summed E-state index contributed by atoms with van der Waals surface area (Å²) in [5.74, 6) is 1.65. The van der Waals surface area contributed by atoms with Crippen LogP contribution in [0.5, 0.6) is 0 Å². The number of para-hydroxylation sites is 2. The normalized spacial score (nSPS) is 31.7. The van der Waals surface area contributed by atoms with Gasteiger partial charge in [0.25, 0.3) is 11.1 Å². The van der Waals surface area contributed by atoms with Crippen molar-refractivity contribution in [3.05, 3.63) is 61.7 Å². The molecular weight excluding hydrogens is 484 g/mol. The Bertz CT molecular complexity index is 1500. The molecule has 2 aliphatic carbocycles. The predicted molar refractivity (Wildman–Crippen MR) is 142 cm³/mol. The number of hydrogen-bond acceptors (Lipinski definition) is 7. The smallest absolute Gasteiger partial charge is 0.351 e. The lowest BCUT2D eigenvalue weighted by Gasteiger charge is -2.49. The zero-order chi connectivity index (χ0) is 25.8. The summed E-state index contributed by atoms with van der Waals surface area (Å²) in [5.41, 5.74) is -0.451. The van der Waals surface area contributed by atoms with E-state index in [2.05, 4.69) is 20.0 Å². The van der Waals surface area contributed by atoms with E-state index in [-0.39, 0.29) is 29.6 Å². The van der Waals surface area contributed by atoms with Gasteiger partial charge < -0.3 is 9.30 Å². The molecule has 7 rings (SSSR count). The fourth-order valence-electron chi connectivity index (χ4n) is 7.74. The molecule has 4 unspecified atom stereocenters. The molecule has 0 spiro atoms. The van der Waals surface area contributed by atoms with Gasteiger partial charge in [-0.05, 0) is 56.1 Å². The number of H-pyrrole nitrogens is 1. The van der Waals surface area contributed by atoms with Crippen LogP contribution in [0.2, 0.25) is 0 Å². The van der Waals surface area contributed by atoms with Crippen LogP contribution in [0.25, 0.3) is 16.9 Å². The molecule has 1 aromatic carbocycles. The van der Waals surface area contributed by atoms with Crippen molar-refractivity contribution < 1.29 is 4.74 Å². The van der Waals surface area contributed by atoms with Crippen molar-refractivity contribution in [2.24, 2.45) is 11.8 Å². The van der Waals surface area contributed by atoms with E-state index in [1.807, 2.05) is 24.3 Å². The van der Waals surface area contributed by atoms with Crippen LogP contribution in [0.3, 0.4) is 0 Å². The Hall–Kier alpha value is -3.11. The van der Waals surface area contributed by atoms with Gasteiger partial charge in [0.1, 0.15) is 6.20 Å². The second-order valence-electron chi connectivity index (χ2n) is 11.8. The van der Waals surface area contributed by atoms with E-state index in [9.17, 15) is 14.4 Å². The summed E-state index contributed by atoms with van der Waals surface area (Å²) in [6.07, 6.45) is 12.2. The van der Waals surface area contributed by atoms with E-state index < -0.39 is 11.2 Å². The van der Waals surface area contributed by atoms with E-state index in [4.69, 9.17) is 4.74 Å². The van der Waals surface area contributed by atoms with Gasteiger partial charge in [-0.1, -0.05) is 37.8 Å². The Morgan fingerprint density at radius 2 is 1.58 bits per heavy atom. The number of likely N-dealkylation sites (tertiary alicyclic amines) is 1. The third-order valence-electron chi connectivity index (χ3n) is 9.26. The van der Waals surface area contributed by atoms with Crippen molar-refractivity contribution in [1.29, 1.82) is 0 Å². The first kappa shape index (κ1) is 24.0. The minimum Gasteiger partial charge on any atom is -0.372 e. The fourth-order valence-corrected chi connectivity index (χ4v) is 7.74. The average molecular weight is 519 g/mol. The minimum atomic E-state index is -0.781. The van der Waals surface area contributed by atoms with E-state index in [1.165, 1.54) is 44.9 Å². The molecule has 4 atom stereocenters. The number of nitrogens with zero attached hydrogens (tertiary/aromatic N) is 5. The molecule has 4 heterocycles. The maximum atomic E-state index is 13.9. The topological polar surface area (TPSA) is 115 Å². The molecule has 2 aliphatic heterocycles. The molecule has 0 radical (unpaired) electrons. The Kier molecular flexibility index (Phi) is 6.04. The summed E-state index contributed by atoms with van der Waals surface area (Å²) >= 11 is 0. The van der Waals surface area contributed by atoms with Crippen molar-refractivity contribution in [2.45, 2.75) is 82.1 Å². The molecule has 10 heteroatoms. The second-order valence-corrected chi connectivity index (χ2v) is 11.8. The van der Waals surface area contributed by atoms with Crippen LogP contribution < -0.4 is 16.8 Å². The van der Waals surface area contributed by atoms with Crippen molar-refractivity contribution in [2.75, 3.05) is 13.1 Å². The molecule has 10 nitrogen and oxygen atoms in total. The molecular formula is C28H34N6O4. The van der Waals surface area contributed by atoms with Crippen molar-refractivity contribution in [3.63, 3.8) is 0 Å². The van der Waals surface area contributed by atoms with Crippen LogP contribution in [0, 0.1) is 11.8 Å². The van der Waals surface area contributed by atoms with Gasteiger partial charge in [-0.2, -0.15) is 9.78 Å². The highest BCUT2D eigenvalue weighted by Gasteiger charge is 2.42. The number of fused-ring (bicyclic) bond motifs is 5. The number of nitrogens with one attached hydrogen (secondary N) is 1. The lowest BCUT2D eigenvalue weighted by atomic mass is 9.76. The zero-order valence-corrected chi connectivity index (χ0v) is 21.5. The van der Waals surface area contributed by atoms with Crippen molar-refractivity contribution >= 4 is 11.0 Å². The highest BCUT2D eigenvalue weighted by Crippen LogP contribution is 2.42. The Morgan fingerprint density at radius 1 is 0.868 bits per heavy atom. The standard InChI is InChI=1S/C28H34N6O4/c35-25-14-29-34(28(37)31-25)26-27(36)33(24-8-4-3-7-23(24)30-26)20-12-21-15-32(16-22(13-20)38-21)19-10-17-5-1-2-6-18(9-17)11-19/h3-4,7-8,14,17-22H,1-2,5-6,9-13,15-16H2,(H,31,35,37). The summed E-state index contributed by atoms with van der Waals surface area (Å²) in [5, 5.41) is 3.90. The van der Waals surface area contributed by atoms with Gasteiger partial charge in [-0.3, -0.25) is 19.5 Å². The van der Waals surface area contributed by atoms with Gasteiger partial charge in [0.05, 0.1) is 23.2 Å². The maximum Gasteiger partial charge on any atom is 0.351 e. The number of benzene rings is 1. The number of hydrogen-bond donors (Lipinski definition) is 1. The molecule has 1 N–H and O–H groups in total. The molecule has 2 saturated heterocycles. The number of ether oxygens (including phenoxy) is 1. The summed E-state index contributed by atoms with van der Waals surface area (Å²) in [7, 11) is 0. The third-order valence-corrected chi connectivity index (χ3v) is 9.26. The zero-order valence-electron chi connectivity index (χ0n) is 21.5. The highest BCUT2D eigenvalue weighted by molar-refractivity contribution is 5.75. The molecule has 2 aromatic heterocycles. The number of aromatic nitrogens is 5. The molecule has 38 heavy (non-hydrogen) atoms. The first-order valence-corrected chi connectivity index (χ1v) is 14.1. The van der Waals surface area contributed by atoms with Gasteiger partial charge in [0, 0.05) is 25.2 Å². The van der Waals surface area contributed by atoms with Gasteiger partial charge in [0.2, 0.25) is 5.82 Å².